The molecule has 1 aromatic heterocycles. The van der Waals surface area contributed by atoms with E-state index in [2.05, 4.69) is 9.97 Å². The van der Waals surface area contributed by atoms with Gasteiger partial charge >= 0.3 is 6.18 Å². The van der Waals surface area contributed by atoms with Crippen LogP contribution in [0, 0.1) is 6.92 Å². The minimum absolute atomic E-state index is 0.0370. The van der Waals surface area contributed by atoms with Crippen molar-refractivity contribution in [1.82, 2.24) is 14.9 Å². The van der Waals surface area contributed by atoms with Gasteiger partial charge < -0.3 is 10.0 Å². The Balaban J connectivity index is 1.92. The van der Waals surface area contributed by atoms with E-state index in [0.29, 0.717) is 11.3 Å². The van der Waals surface area contributed by atoms with Gasteiger partial charge in [-0.15, -0.1) is 0 Å². The summed E-state index contributed by atoms with van der Waals surface area (Å²) in [6.07, 6.45) is -2.33. The van der Waals surface area contributed by atoms with E-state index in [9.17, 15) is 23.1 Å². The van der Waals surface area contributed by atoms with E-state index >= 15 is 0 Å². The van der Waals surface area contributed by atoms with Gasteiger partial charge in [0.1, 0.15) is 5.69 Å². The Labute approximate surface area is 142 Å². The molecule has 1 fully saturated rings. The molecule has 1 saturated heterocycles. The molecule has 1 amide bonds. The second-order valence-electron chi connectivity index (χ2n) is 6.03. The van der Waals surface area contributed by atoms with Crippen molar-refractivity contribution in [3.05, 3.63) is 59.2 Å². The number of halogens is 3. The first-order valence-electron chi connectivity index (χ1n) is 7.70. The number of benzene rings is 1. The molecule has 0 unspecified atom stereocenters. The Morgan fingerprint density at radius 2 is 2.04 bits per heavy atom. The Morgan fingerprint density at radius 1 is 1.28 bits per heavy atom. The van der Waals surface area contributed by atoms with Gasteiger partial charge in [0.2, 0.25) is 0 Å². The molecule has 5 nitrogen and oxygen atoms in total. The fraction of sp³-hybridized carbons (Fsp3) is 0.353. The van der Waals surface area contributed by atoms with Crippen LogP contribution < -0.4 is 0 Å². The maximum atomic E-state index is 12.9. The Bertz CT molecular complexity index is 777. The highest BCUT2D eigenvalue weighted by molar-refractivity contribution is 5.92. The molecule has 1 aliphatic rings. The van der Waals surface area contributed by atoms with E-state index in [1.54, 1.807) is 6.92 Å². The average molecular weight is 351 g/mol. The summed E-state index contributed by atoms with van der Waals surface area (Å²) in [7, 11) is 0. The fourth-order valence-corrected chi connectivity index (χ4v) is 2.93. The van der Waals surface area contributed by atoms with Crippen molar-refractivity contribution < 1.29 is 23.1 Å². The van der Waals surface area contributed by atoms with E-state index in [4.69, 9.17) is 0 Å². The first-order valence-corrected chi connectivity index (χ1v) is 7.70. The molecule has 0 spiro atoms. The minimum Gasteiger partial charge on any atom is -0.391 e. The molecular formula is C17H16F3N3O2. The van der Waals surface area contributed by atoms with Crippen molar-refractivity contribution in [2.45, 2.75) is 31.7 Å². The van der Waals surface area contributed by atoms with Crippen molar-refractivity contribution in [2.24, 2.45) is 0 Å². The highest BCUT2D eigenvalue weighted by Crippen LogP contribution is 2.36. The quantitative estimate of drug-likeness (QED) is 0.904. The van der Waals surface area contributed by atoms with Crippen molar-refractivity contribution in [2.75, 3.05) is 6.54 Å². The number of aliphatic hydroxyl groups excluding tert-OH is 1. The third-order valence-electron chi connectivity index (χ3n) is 4.14. The van der Waals surface area contributed by atoms with Crippen LogP contribution in [0.1, 0.15) is 39.8 Å². The molecule has 0 bridgehead atoms. The molecule has 0 saturated carbocycles. The first-order chi connectivity index (χ1) is 11.8. The van der Waals surface area contributed by atoms with Gasteiger partial charge in [0.25, 0.3) is 5.91 Å². The van der Waals surface area contributed by atoms with Crippen LogP contribution in [0.5, 0.6) is 0 Å². The van der Waals surface area contributed by atoms with Crippen LogP contribution >= 0.6 is 0 Å². The fourth-order valence-electron chi connectivity index (χ4n) is 2.93. The molecule has 0 radical (unpaired) electrons. The van der Waals surface area contributed by atoms with Crippen molar-refractivity contribution in [1.29, 1.82) is 0 Å². The molecule has 3 rings (SSSR count). The highest BCUT2D eigenvalue weighted by atomic mass is 19.4. The number of alkyl halides is 3. The van der Waals surface area contributed by atoms with Crippen molar-refractivity contribution >= 4 is 5.91 Å². The van der Waals surface area contributed by atoms with Crippen LogP contribution in [-0.4, -0.2) is 38.5 Å². The summed E-state index contributed by atoms with van der Waals surface area (Å²) in [5, 5.41) is 9.95. The van der Waals surface area contributed by atoms with Gasteiger partial charge in [-0.1, -0.05) is 12.1 Å². The molecule has 2 aromatic rings. The lowest BCUT2D eigenvalue weighted by Gasteiger charge is -2.25. The highest BCUT2D eigenvalue weighted by Gasteiger charge is 2.38. The number of aliphatic hydroxyl groups is 1. The summed E-state index contributed by atoms with van der Waals surface area (Å²) in [6, 6.07) is 4.18. The van der Waals surface area contributed by atoms with Crippen molar-refractivity contribution in [3.63, 3.8) is 0 Å². The monoisotopic (exact) mass is 351 g/mol. The second-order valence-corrected chi connectivity index (χ2v) is 6.03. The summed E-state index contributed by atoms with van der Waals surface area (Å²) in [6.45, 7) is 1.77. The Hall–Kier alpha value is -2.48. The predicted octanol–water partition coefficient (Wildman–Crippen LogP) is 2.75. The normalized spacial score (nSPS) is 20.8. The molecule has 2 atom stereocenters. The van der Waals surface area contributed by atoms with Gasteiger partial charge in [-0.05, 0) is 31.0 Å². The minimum atomic E-state index is -4.47. The number of nitrogens with zero attached hydrogens (tertiary/aromatic N) is 3. The lowest BCUT2D eigenvalue weighted by molar-refractivity contribution is -0.137. The zero-order valence-corrected chi connectivity index (χ0v) is 13.4. The number of hydrogen-bond acceptors (Lipinski definition) is 4. The van der Waals surface area contributed by atoms with Crippen LogP contribution in [-0.2, 0) is 6.18 Å². The van der Waals surface area contributed by atoms with Crippen LogP contribution in [0.15, 0.2) is 36.7 Å². The van der Waals surface area contributed by atoms with Gasteiger partial charge in [-0.3, -0.25) is 9.78 Å². The number of aryl methyl sites for hydroxylation is 1. The molecule has 8 heteroatoms. The molecular weight excluding hydrogens is 335 g/mol. The van der Waals surface area contributed by atoms with E-state index in [-0.39, 0.29) is 18.7 Å². The largest absolute Gasteiger partial charge is 0.416 e. The summed E-state index contributed by atoms with van der Waals surface area (Å²) in [5.74, 6) is -0.466. The number of likely N-dealkylation sites (tertiary alicyclic amines) is 1. The van der Waals surface area contributed by atoms with Crippen LogP contribution in [0.25, 0.3) is 0 Å². The lowest BCUT2D eigenvalue weighted by atomic mass is 10.0. The lowest BCUT2D eigenvalue weighted by Crippen LogP contribution is -2.32. The zero-order chi connectivity index (χ0) is 18.2. The number of hydrogen-bond donors (Lipinski definition) is 1. The average Bonchev–Trinajstić information content (AvgIpc) is 2.96. The topological polar surface area (TPSA) is 66.3 Å². The van der Waals surface area contributed by atoms with Crippen molar-refractivity contribution in [3.8, 4) is 0 Å². The smallest absolute Gasteiger partial charge is 0.391 e. The standard InChI is InChI=1S/C17H16F3N3O2/c1-10-7-22-14(8-21-10)16(25)23-9-13(24)6-15(23)11-3-2-4-12(5-11)17(18,19)20/h2-5,7-8,13,15,24H,6,9H2,1H3/t13-,15+/m0/s1. The number of carbonyl (C=O) groups is 1. The summed E-state index contributed by atoms with van der Waals surface area (Å²) >= 11 is 0. The number of β-amino-alcohol motifs (C(OH)–C–C–N with tert-alkyl or cyclic N) is 1. The van der Waals surface area contributed by atoms with Gasteiger partial charge in [-0.25, -0.2) is 4.98 Å². The Kier molecular flexibility index (Phi) is 4.47. The summed E-state index contributed by atoms with van der Waals surface area (Å²) in [4.78, 5) is 22.0. The molecule has 1 N–H and O–H groups in total. The van der Waals surface area contributed by atoms with Crippen LogP contribution in [0.4, 0.5) is 13.2 Å². The van der Waals surface area contributed by atoms with Gasteiger partial charge in [-0.2, -0.15) is 13.2 Å². The molecule has 132 valence electrons. The summed E-state index contributed by atoms with van der Waals surface area (Å²) < 4.78 is 38.8. The number of carbonyl (C=O) groups excluding carboxylic acids is 1. The van der Waals surface area contributed by atoms with Crippen LogP contribution in [0.3, 0.4) is 0 Å². The molecule has 0 aliphatic carbocycles. The third kappa shape index (κ3) is 3.63. The van der Waals surface area contributed by atoms with Crippen LogP contribution in [0.2, 0.25) is 0 Å². The molecule has 1 aromatic carbocycles. The maximum absolute atomic E-state index is 12.9. The van der Waals surface area contributed by atoms with Gasteiger partial charge in [0.05, 0.1) is 29.6 Å². The molecule has 1 aliphatic heterocycles. The van der Waals surface area contributed by atoms with E-state index in [1.807, 2.05) is 0 Å². The maximum Gasteiger partial charge on any atom is 0.416 e. The molecule has 2 heterocycles. The van der Waals surface area contributed by atoms with Gasteiger partial charge in [0.15, 0.2) is 0 Å². The second kappa shape index (κ2) is 6.44. The van der Waals surface area contributed by atoms with E-state index < -0.39 is 29.8 Å². The van der Waals surface area contributed by atoms with Gasteiger partial charge in [0, 0.05) is 12.7 Å². The number of rotatable bonds is 2. The number of amides is 1. The Morgan fingerprint density at radius 3 is 2.68 bits per heavy atom. The summed E-state index contributed by atoms with van der Waals surface area (Å²) in [5.41, 5.74) is 0.290. The van der Waals surface area contributed by atoms with E-state index in [1.165, 1.54) is 29.4 Å². The van der Waals surface area contributed by atoms with E-state index in [0.717, 1.165) is 12.1 Å². The number of aromatic nitrogens is 2. The third-order valence-corrected chi connectivity index (χ3v) is 4.14. The molecule has 25 heavy (non-hydrogen) atoms. The predicted molar refractivity (Wildman–Crippen MR) is 82.6 cm³/mol. The first kappa shape index (κ1) is 17.3. The SMILES string of the molecule is Cc1cnc(C(=O)N2C[C@@H](O)C[C@@H]2c2cccc(C(F)(F)F)c2)cn1. The zero-order valence-electron chi connectivity index (χ0n) is 13.4.